The van der Waals surface area contributed by atoms with Crippen LogP contribution in [0.25, 0.3) is 0 Å². The van der Waals surface area contributed by atoms with E-state index in [1.807, 2.05) is 6.07 Å². The fourth-order valence-corrected chi connectivity index (χ4v) is 1.59. The van der Waals surface area contributed by atoms with Crippen molar-refractivity contribution >= 4 is 6.29 Å². The molecule has 0 spiro atoms. The van der Waals surface area contributed by atoms with Crippen molar-refractivity contribution in [3.05, 3.63) is 33.2 Å². The van der Waals surface area contributed by atoms with Crippen LogP contribution in [0.3, 0.4) is 0 Å². The molecule has 0 atom stereocenters. The molecule has 0 unspecified atom stereocenters. The molecule has 0 aliphatic carbocycles. The summed E-state index contributed by atoms with van der Waals surface area (Å²) in [5.74, 6) is 0.466. The van der Waals surface area contributed by atoms with Crippen molar-refractivity contribution in [2.75, 3.05) is 0 Å². The lowest BCUT2D eigenvalue weighted by molar-refractivity contribution is 0.112. The number of hydrogen-bond acceptors (Lipinski definition) is 3. The zero-order valence-electron chi connectivity index (χ0n) is 10.4. The summed E-state index contributed by atoms with van der Waals surface area (Å²) in [4.78, 5) is 22.8. The molecule has 1 heterocycles. The quantitative estimate of drug-likeness (QED) is 0.745. The highest BCUT2D eigenvalue weighted by Gasteiger charge is 2.11. The summed E-state index contributed by atoms with van der Waals surface area (Å²) in [6.07, 6.45) is 3.06. The first-order valence-corrected chi connectivity index (χ1v) is 5.60. The van der Waals surface area contributed by atoms with Gasteiger partial charge >= 0.3 is 0 Å². The van der Waals surface area contributed by atoms with Crippen molar-refractivity contribution < 1.29 is 4.79 Å². The van der Waals surface area contributed by atoms with Gasteiger partial charge in [-0.2, -0.15) is 5.26 Å². The Kier molecular flexibility index (Phi) is 4.22. The van der Waals surface area contributed by atoms with Gasteiger partial charge in [-0.3, -0.25) is 9.59 Å². The first-order chi connectivity index (χ1) is 8.01. The Balaban J connectivity index is 3.28. The number of carbonyl (C=O) groups is 1. The van der Waals surface area contributed by atoms with E-state index < -0.39 is 0 Å². The normalized spacial score (nSPS) is 10.3. The van der Waals surface area contributed by atoms with E-state index in [1.54, 1.807) is 6.92 Å². The van der Waals surface area contributed by atoms with Gasteiger partial charge in [0.15, 0.2) is 6.29 Å². The van der Waals surface area contributed by atoms with E-state index in [0.717, 1.165) is 6.42 Å². The van der Waals surface area contributed by atoms with Gasteiger partial charge in [0.1, 0.15) is 11.6 Å². The monoisotopic (exact) mass is 232 g/mol. The molecule has 90 valence electrons. The molecule has 0 N–H and O–H groups in total. The molecule has 0 saturated carbocycles. The third-order valence-corrected chi connectivity index (χ3v) is 2.76. The van der Waals surface area contributed by atoms with E-state index >= 15 is 0 Å². The Labute approximate surface area is 100 Å². The summed E-state index contributed by atoms with van der Waals surface area (Å²) in [5.41, 5.74) is 0.632. The average Bonchev–Trinajstić information content (AvgIpc) is 2.28. The highest BCUT2D eigenvalue weighted by molar-refractivity contribution is 5.77. The van der Waals surface area contributed by atoms with E-state index in [2.05, 4.69) is 13.8 Å². The predicted octanol–water partition coefficient (Wildman–Crippen LogP) is 1.89. The fraction of sp³-hybridized carbons (Fsp3) is 0.462. The van der Waals surface area contributed by atoms with Crippen LogP contribution in [-0.4, -0.2) is 10.9 Å². The number of rotatable bonds is 4. The zero-order valence-corrected chi connectivity index (χ0v) is 10.4. The molecule has 0 fully saturated rings. The van der Waals surface area contributed by atoms with Gasteiger partial charge in [-0.15, -0.1) is 0 Å². The van der Waals surface area contributed by atoms with Gasteiger partial charge < -0.3 is 4.57 Å². The van der Waals surface area contributed by atoms with Crippen molar-refractivity contribution in [3.63, 3.8) is 0 Å². The van der Waals surface area contributed by atoms with Crippen LogP contribution >= 0.6 is 0 Å². The maximum absolute atomic E-state index is 11.9. The van der Waals surface area contributed by atoms with Crippen LogP contribution in [0.15, 0.2) is 11.0 Å². The molecule has 1 aromatic rings. The van der Waals surface area contributed by atoms with E-state index in [4.69, 9.17) is 5.26 Å². The minimum atomic E-state index is -0.309. The SMILES string of the molecule is Cc1c(C=O)cn(CCC(C)C)c(=O)c1C#N. The molecule has 0 aliphatic rings. The van der Waals surface area contributed by atoms with Crippen molar-refractivity contribution in [1.82, 2.24) is 4.57 Å². The fourth-order valence-electron chi connectivity index (χ4n) is 1.59. The second-order valence-corrected chi connectivity index (χ2v) is 4.50. The summed E-state index contributed by atoms with van der Waals surface area (Å²) >= 11 is 0. The minimum absolute atomic E-state index is 0.0679. The molecule has 0 amide bonds. The maximum Gasteiger partial charge on any atom is 0.268 e. The number of nitrogens with zero attached hydrogens (tertiary/aromatic N) is 2. The van der Waals surface area contributed by atoms with Gasteiger partial charge in [-0.1, -0.05) is 13.8 Å². The van der Waals surface area contributed by atoms with Crippen LogP contribution in [-0.2, 0) is 6.54 Å². The molecule has 0 saturated heterocycles. The summed E-state index contributed by atoms with van der Waals surface area (Å²) in [5, 5.41) is 8.94. The van der Waals surface area contributed by atoms with E-state index in [9.17, 15) is 9.59 Å². The van der Waals surface area contributed by atoms with Crippen molar-refractivity contribution in [3.8, 4) is 6.07 Å². The van der Waals surface area contributed by atoms with Gasteiger partial charge in [0.05, 0.1) is 0 Å². The number of nitriles is 1. The molecular weight excluding hydrogens is 216 g/mol. The molecule has 0 aliphatic heterocycles. The first-order valence-electron chi connectivity index (χ1n) is 5.60. The van der Waals surface area contributed by atoms with Gasteiger partial charge in [-0.25, -0.2) is 0 Å². The largest absolute Gasteiger partial charge is 0.314 e. The summed E-state index contributed by atoms with van der Waals surface area (Å²) in [6.45, 7) is 6.28. The van der Waals surface area contributed by atoms with Crippen LogP contribution in [0.5, 0.6) is 0 Å². The zero-order chi connectivity index (χ0) is 13.0. The molecule has 0 aromatic carbocycles. The van der Waals surface area contributed by atoms with E-state index in [0.29, 0.717) is 29.9 Å². The van der Waals surface area contributed by atoms with E-state index in [1.165, 1.54) is 10.8 Å². The van der Waals surface area contributed by atoms with Gasteiger partial charge in [-0.05, 0) is 24.8 Å². The smallest absolute Gasteiger partial charge is 0.268 e. The third-order valence-electron chi connectivity index (χ3n) is 2.76. The average molecular weight is 232 g/mol. The highest BCUT2D eigenvalue weighted by atomic mass is 16.1. The molecule has 4 heteroatoms. The van der Waals surface area contributed by atoms with Crippen LogP contribution in [0, 0.1) is 24.2 Å². The lowest BCUT2D eigenvalue weighted by atomic mass is 10.1. The number of pyridine rings is 1. The second-order valence-electron chi connectivity index (χ2n) is 4.50. The van der Waals surface area contributed by atoms with Crippen LogP contribution in [0.1, 0.15) is 41.8 Å². The Hall–Kier alpha value is -1.89. The Morgan fingerprint density at radius 3 is 2.65 bits per heavy atom. The second kappa shape index (κ2) is 5.44. The predicted molar refractivity (Wildman–Crippen MR) is 65.0 cm³/mol. The van der Waals surface area contributed by atoms with Gasteiger partial charge in [0.25, 0.3) is 5.56 Å². The number of carbonyl (C=O) groups excluding carboxylic acids is 1. The Morgan fingerprint density at radius 2 is 2.18 bits per heavy atom. The highest BCUT2D eigenvalue weighted by Crippen LogP contribution is 2.08. The molecule has 17 heavy (non-hydrogen) atoms. The third kappa shape index (κ3) is 2.82. The Bertz CT molecular complexity index is 521. The summed E-state index contributed by atoms with van der Waals surface area (Å²) in [6, 6.07) is 1.87. The molecule has 4 nitrogen and oxygen atoms in total. The lowest BCUT2D eigenvalue weighted by Crippen LogP contribution is -2.25. The van der Waals surface area contributed by atoms with Gasteiger partial charge in [0, 0.05) is 18.3 Å². The summed E-state index contributed by atoms with van der Waals surface area (Å²) < 4.78 is 1.45. The molecule has 1 aromatic heterocycles. The van der Waals surface area contributed by atoms with Crippen molar-refractivity contribution in [1.29, 1.82) is 5.26 Å². The van der Waals surface area contributed by atoms with Crippen LogP contribution in [0.2, 0.25) is 0 Å². The molecule has 1 rings (SSSR count). The number of hydrogen-bond donors (Lipinski definition) is 0. The topological polar surface area (TPSA) is 62.9 Å². The lowest BCUT2D eigenvalue weighted by Gasteiger charge is -2.10. The summed E-state index contributed by atoms with van der Waals surface area (Å²) in [7, 11) is 0. The minimum Gasteiger partial charge on any atom is -0.314 e. The maximum atomic E-state index is 11.9. The molecule has 0 bridgehead atoms. The van der Waals surface area contributed by atoms with Crippen molar-refractivity contribution in [2.24, 2.45) is 5.92 Å². The first kappa shape index (κ1) is 13.2. The van der Waals surface area contributed by atoms with Gasteiger partial charge in [0.2, 0.25) is 0 Å². The molecule has 0 radical (unpaired) electrons. The molecular formula is C13H16N2O2. The number of aldehydes is 1. The van der Waals surface area contributed by atoms with Crippen LogP contribution in [0.4, 0.5) is 0 Å². The Morgan fingerprint density at radius 1 is 1.53 bits per heavy atom. The van der Waals surface area contributed by atoms with Crippen molar-refractivity contribution in [2.45, 2.75) is 33.7 Å². The number of aryl methyl sites for hydroxylation is 1. The van der Waals surface area contributed by atoms with E-state index in [-0.39, 0.29) is 11.1 Å². The van der Waals surface area contributed by atoms with Crippen LogP contribution < -0.4 is 5.56 Å². The number of aromatic nitrogens is 1. The standard InChI is InChI=1S/C13H16N2O2/c1-9(2)4-5-15-7-11(8-16)10(3)12(6-14)13(15)17/h7-9H,4-5H2,1-3H3.